The van der Waals surface area contributed by atoms with E-state index in [-0.39, 0.29) is 34.5 Å². The van der Waals surface area contributed by atoms with Crippen molar-refractivity contribution < 1.29 is 20.1 Å². The first-order chi connectivity index (χ1) is 14.8. The van der Waals surface area contributed by atoms with Crippen LogP contribution in [-0.4, -0.2) is 54.3 Å². The number of hydrogen-bond donors (Lipinski definition) is 3. The Labute approximate surface area is 181 Å². The molecular weight excluding hydrogens is 396 g/mol. The first-order valence-electron chi connectivity index (χ1n) is 10.3. The zero-order chi connectivity index (χ0) is 22.7. The summed E-state index contributed by atoms with van der Waals surface area (Å²) in [4.78, 5) is 14.1. The number of carboxylic acid groups (broad SMARTS) is 1. The lowest BCUT2D eigenvalue weighted by Gasteiger charge is -2.18. The molecule has 0 bridgehead atoms. The SMILES string of the molecule is CCN(CC)Cc1ccc(-c2c(C(=O)O)nnn2-c2cc(C(C)C)c(O)cc2O)cc1. The van der Waals surface area contributed by atoms with Crippen molar-refractivity contribution in [1.82, 2.24) is 19.9 Å². The average molecular weight is 425 g/mol. The number of phenols is 2. The molecule has 2 aromatic carbocycles. The maximum Gasteiger partial charge on any atom is 0.358 e. The van der Waals surface area contributed by atoms with Gasteiger partial charge in [-0.25, -0.2) is 9.48 Å². The number of benzene rings is 2. The van der Waals surface area contributed by atoms with Crippen LogP contribution in [0.2, 0.25) is 0 Å². The predicted octanol–water partition coefficient (Wildman–Crippen LogP) is 4.01. The second-order valence-electron chi connectivity index (χ2n) is 7.72. The van der Waals surface area contributed by atoms with Gasteiger partial charge in [0.25, 0.3) is 0 Å². The molecule has 3 N–H and O–H groups in total. The highest BCUT2D eigenvalue weighted by atomic mass is 16.4. The number of aromatic nitrogens is 3. The van der Waals surface area contributed by atoms with E-state index in [0.29, 0.717) is 11.1 Å². The Balaban J connectivity index is 2.11. The molecule has 0 saturated carbocycles. The van der Waals surface area contributed by atoms with Crippen LogP contribution < -0.4 is 0 Å². The molecule has 164 valence electrons. The zero-order valence-corrected chi connectivity index (χ0v) is 18.2. The number of nitrogens with zero attached hydrogens (tertiary/aromatic N) is 4. The van der Waals surface area contributed by atoms with Gasteiger partial charge in [0.1, 0.15) is 22.9 Å². The molecule has 8 heteroatoms. The number of hydrogen-bond acceptors (Lipinski definition) is 6. The van der Waals surface area contributed by atoms with E-state index in [0.717, 1.165) is 25.2 Å². The van der Waals surface area contributed by atoms with E-state index in [1.807, 2.05) is 38.1 Å². The molecule has 1 heterocycles. The first-order valence-corrected chi connectivity index (χ1v) is 10.3. The summed E-state index contributed by atoms with van der Waals surface area (Å²) in [6, 6.07) is 10.4. The van der Waals surface area contributed by atoms with Gasteiger partial charge in [-0.2, -0.15) is 0 Å². The Bertz CT molecular complexity index is 1070. The molecule has 0 radical (unpaired) electrons. The number of aromatic carboxylic acids is 1. The molecule has 31 heavy (non-hydrogen) atoms. The Morgan fingerprint density at radius 3 is 2.26 bits per heavy atom. The lowest BCUT2D eigenvalue weighted by Crippen LogP contribution is -2.21. The van der Waals surface area contributed by atoms with Gasteiger partial charge in [-0.05, 0) is 36.2 Å². The number of aromatic hydroxyl groups is 2. The fourth-order valence-corrected chi connectivity index (χ4v) is 3.54. The lowest BCUT2D eigenvalue weighted by molar-refractivity contribution is 0.0691. The predicted molar refractivity (Wildman–Crippen MR) is 118 cm³/mol. The van der Waals surface area contributed by atoms with Crippen LogP contribution in [0.25, 0.3) is 16.9 Å². The minimum atomic E-state index is -1.21. The Hall–Kier alpha value is -3.39. The van der Waals surface area contributed by atoms with Crippen molar-refractivity contribution in [3.05, 3.63) is 53.2 Å². The molecule has 0 atom stereocenters. The van der Waals surface area contributed by atoms with E-state index in [9.17, 15) is 20.1 Å². The van der Waals surface area contributed by atoms with Crippen molar-refractivity contribution in [2.75, 3.05) is 13.1 Å². The summed E-state index contributed by atoms with van der Waals surface area (Å²) in [6.07, 6.45) is 0. The summed E-state index contributed by atoms with van der Waals surface area (Å²) in [7, 11) is 0. The van der Waals surface area contributed by atoms with Gasteiger partial charge >= 0.3 is 5.97 Å². The normalized spacial score (nSPS) is 11.4. The smallest absolute Gasteiger partial charge is 0.358 e. The van der Waals surface area contributed by atoms with Crippen LogP contribution in [0.3, 0.4) is 0 Å². The molecule has 0 spiro atoms. The Morgan fingerprint density at radius 2 is 1.71 bits per heavy atom. The van der Waals surface area contributed by atoms with Gasteiger partial charge in [0, 0.05) is 18.2 Å². The standard InChI is InChI=1S/C23H28N4O4/c1-5-26(6-2)13-15-7-9-16(10-8-15)22-21(23(30)31)24-25-27(22)18-11-17(14(3)4)19(28)12-20(18)29/h7-12,14,28-29H,5-6,13H2,1-4H3,(H,30,31). The van der Waals surface area contributed by atoms with E-state index >= 15 is 0 Å². The van der Waals surface area contributed by atoms with Gasteiger partial charge in [-0.15, -0.1) is 5.10 Å². The summed E-state index contributed by atoms with van der Waals surface area (Å²) in [5.74, 6) is -1.47. The van der Waals surface area contributed by atoms with E-state index in [4.69, 9.17) is 0 Å². The number of rotatable bonds is 8. The summed E-state index contributed by atoms with van der Waals surface area (Å²) in [5, 5.41) is 38.1. The minimum Gasteiger partial charge on any atom is -0.508 e. The molecule has 0 aliphatic heterocycles. The van der Waals surface area contributed by atoms with Gasteiger partial charge in [0.15, 0.2) is 5.69 Å². The van der Waals surface area contributed by atoms with Gasteiger partial charge < -0.3 is 15.3 Å². The highest BCUT2D eigenvalue weighted by molar-refractivity contribution is 5.93. The third-order valence-electron chi connectivity index (χ3n) is 5.37. The molecular formula is C23H28N4O4. The van der Waals surface area contributed by atoms with Crippen LogP contribution >= 0.6 is 0 Å². The largest absolute Gasteiger partial charge is 0.508 e. The summed E-state index contributed by atoms with van der Waals surface area (Å²) in [6.45, 7) is 10.7. The number of phenolic OH excluding ortho intramolecular Hbond substituents is 2. The van der Waals surface area contributed by atoms with Crippen LogP contribution in [0.15, 0.2) is 36.4 Å². The molecule has 3 aromatic rings. The zero-order valence-electron chi connectivity index (χ0n) is 18.2. The van der Waals surface area contributed by atoms with Crippen LogP contribution in [0.1, 0.15) is 55.2 Å². The fraction of sp³-hybridized carbons (Fsp3) is 0.348. The van der Waals surface area contributed by atoms with Crippen molar-refractivity contribution in [2.45, 2.75) is 40.2 Å². The molecule has 0 fully saturated rings. The summed E-state index contributed by atoms with van der Waals surface area (Å²) in [5.41, 5.74) is 2.64. The van der Waals surface area contributed by atoms with Gasteiger partial charge in [-0.3, -0.25) is 4.90 Å². The topological polar surface area (TPSA) is 112 Å². The van der Waals surface area contributed by atoms with E-state index in [1.165, 1.54) is 10.7 Å². The third-order valence-corrected chi connectivity index (χ3v) is 5.37. The molecule has 0 aliphatic carbocycles. The van der Waals surface area contributed by atoms with Crippen LogP contribution in [0.4, 0.5) is 0 Å². The van der Waals surface area contributed by atoms with Crippen molar-refractivity contribution in [2.24, 2.45) is 0 Å². The van der Waals surface area contributed by atoms with Crippen LogP contribution in [-0.2, 0) is 6.54 Å². The second-order valence-corrected chi connectivity index (χ2v) is 7.72. The van der Waals surface area contributed by atoms with Gasteiger partial charge in [0.2, 0.25) is 0 Å². The summed E-state index contributed by atoms with van der Waals surface area (Å²) < 4.78 is 1.31. The molecule has 0 unspecified atom stereocenters. The van der Waals surface area contributed by atoms with E-state index in [2.05, 4.69) is 29.1 Å². The molecule has 3 rings (SSSR count). The first kappa shape index (κ1) is 22.3. The maximum absolute atomic E-state index is 11.8. The average Bonchev–Trinajstić information content (AvgIpc) is 3.17. The highest BCUT2D eigenvalue weighted by Gasteiger charge is 2.24. The van der Waals surface area contributed by atoms with Gasteiger partial charge in [-0.1, -0.05) is 57.2 Å². The molecule has 1 aromatic heterocycles. The fourth-order valence-electron chi connectivity index (χ4n) is 3.54. The van der Waals surface area contributed by atoms with E-state index in [1.54, 1.807) is 6.07 Å². The van der Waals surface area contributed by atoms with Crippen molar-refractivity contribution in [1.29, 1.82) is 0 Å². The number of carbonyl (C=O) groups is 1. The van der Waals surface area contributed by atoms with E-state index < -0.39 is 5.97 Å². The van der Waals surface area contributed by atoms with Crippen molar-refractivity contribution >= 4 is 5.97 Å². The Kier molecular flexibility index (Phi) is 6.60. The number of carboxylic acids is 1. The summed E-state index contributed by atoms with van der Waals surface area (Å²) >= 11 is 0. The molecule has 0 saturated heterocycles. The molecule has 0 aliphatic rings. The van der Waals surface area contributed by atoms with Gasteiger partial charge in [0.05, 0.1) is 0 Å². The maximum atomic E-state index is 11.8. The monoisotopic (exact) mass is 424 g/mol. The minimum absolute atomic E-state index is 0.00961. The van der Waals surface area contributed by atoms with Crippen LogP contribution in [0.5, 0.6) is 11.5 Å². The van der Waals surface area contributed by atoms with Crippen molar-refractivity contribution in [3.8, 4) is 28.4 Å². The van der Waals surface area contributed by atoms with Crippen molar-refractivity contribution in [3.63, 3.8) is 0 Å². The molecule has 8 nitrogen and oxygen atoms in total. The third kappa shape index (κ3) is 4.54. The lowest BCUT2D eigenvalue weighted by atomic mass is 10.0. The Morgan fingerprint density at radius 1 is 1.06 bits per heavy atom. The van der Waals surface area contributed by atoms with Crippen LogP contribution in [0, 0.1) is 0 Å². The second kappa shape index (κ2) is 9.18. The quantitative estimate of drug-likeness (QED) is 0.501. The highest BCUT2D eigenvalue weighted by Crippen LogP contribution is 2.36. The molecule has 0 amide bonds.